The maximum Gasteiger partial charge on any atom is 0.407 e. The molecule has 7 nitrogen and oxygen atoms in total. The van der Waals surface area contributed by atoms with Crippen molar-refractivity contribution < 1.29 is 14.3 Å². The fourth-order valence-corrected chi connectivity index (χ4v) is 5.02. The topological polar surface area (TPSA) is 97.0 Å². The van der Waals surface area contributed by atoms with E-state index in [4.69, 9.17) is 10.5 Å². The summed E-state index contributed by atoms with van der Waals surface area (Å²) in [7, 11) is 0. The lowest BCUT2D eigenvalue weighted by atomic mass is 10.1. The molecule has 3 N–H and O–H groups in total. The van der Waals surface area contributed by atoms with E-state index in [-0.39, 0.29) is 5.91 Å². The van der Waals surface area contributed by atoms with Crippen LogP contribution in [-0.2, 0) is 22.6 Å². The number of ether oxygens (including phenoxy) is 1. The molecule has 2 heterocycles. The molecule has 182 valence electrons. The van der Waals surface area contributed by atoms with E-state index in [0.717, 1.165) is 31.9 Å². The largest absolute Gasteiger partial charge is 0.444 e. The summed E-state index contributed by atoms with van der Waals surface area (Å²) in [6, 6.07) is 9.78. The zero-order valence-corrected chi connectivity index (χ0v) is 22.4. The first-order chi connectivity index (χ1) is 16.0. The highest BCUT2D eigenvalue weighted by Gasteiger charge is 2.22. The molecule has 9 heteroatoms. The minimum Gasteiger partial charge on any atom is -0.444 e. The lowest BCUT2D eigenvalue weighted by molar-refractivity contribution is -0.127. The van der Waals surface area contributed by atoms with Gasteiger partial charge in [0.1, 0.15) is 11.4 Å². The van der Waals surface area contributed by atoms with E-state index < -0.39 is 11.7 Å². The summed E-state index contributed by atoms with van der Waals surface area (Å²) in [5, 5.41) is 2.76. The van der Waals surface area contributed by atoms with Gasteiger partial charge in [0.05, 0.1) is 14.4 Å². The van der Waals surface area contributed by atoms with E-state index in [1.165, 1.54) is 11.3 Å². The molecule has 0 atom stereocenters. The molecule has 1 aliphatic heterocycles. The summed E-state index contributed by atoms with van der Waals surface area (Å²) in [6.45, 7) is 9.03. The van der Waals surface area contributed by atoms with Crippen molar-refractivity contribution in [1.29, 1.82) is 0 Å². The van der Waals surface area contributed by atoms with Crippen molar-refractivity contribution in [2.24, 2.45) is 10.7 Å². The molecule has 1 aromatic heterocycles. The Labute approximate surface area is 213 Å². The van der Waals surface area contributed by atoms with Crippen molar-refractivity contribution in [2.75, 3.05) is 6.54 Å². The van der Waals surface area contributed by atoms with Crippen molar-refractivity contribution in [2.45, 2.75) is 59.2 Å². The van der Waals surface area contributed by atoms with Crippen molar-refractivity contribution >= 4 is 56.9 Å². The number of hydrogen-bond donors (Lipinski definition) is 2. The smallest absolute Gasteiger partial charge is 0.407 e. The van der Waals surface area contributed by atoms with Crippen LogP contribution in [0.1, 0.15) is 56.5 Å². The average molecular weight is 548 g/mol. The summed E-state index contributed by atoms with van der Waals surface area (Å²) in [5.74, 6) is 0.398. The highest BCUT2D eigenvalue weighted by Crippen LogP contribution is 2.37. The van der Waals surface area contributed by atoms with Gasteiger partial charge in [-0.3, -0.25) is 4.79 Å². The minimum atomic E-state index is -0.534. The number of rotatable bonds is 7. The molecule has 0 saturated heterocycles. The Morgan fingerprint density at radius 2 is 1.91 bits per heavy atom. The van der Waals surface area contributed by atoms with Gasteiger partial charge in [-0.15, -0.1) is 11.3 Å². The van der Waals surface area contributed by atoms with Crippen LogP contribution in [0.15, 0.2) is 44.7 Å². The highest BCUT2D eigenvalue weighted by molar-refractivity contribution is 9.11. The number of fused-ring (bicyclic) bond motifs is 1. The highest BCUT2D eigenvalue weighted by atomic mass is 79.9. The molecular weight excluding hydrogens is 516 g/mol. The molecule has 0 fully saturated rings. The number of amidine groups is 1. The SMILES string of the molecule is CCCN(Cc1ccc(CNC(=O)OC(C)(C)C)cc1)C(=O)C1=Cc2sc(Br)cc2N=C(N)C1. The second-order valence-corrected chi connectivity index (χ2v) is 11.6. The Morgan fingerprint density at radius 1 is 1.24 bits per heavy atom. The van der Waals surface area contributed by atoms with Crippen LogP contribution in [-0.4, -0.2) is 34.9 Å². The molecule has 0 aliphatic carbocycles. The number of nitrogens with zero attached hydrogens (tertiary/aromatic N) is 2. The fraction of sp³-hybridized carbons (Fsp3) is 0.400. The minimum absolute atomic E-state index is 0.0342. The van der Waals surface area contributed by atoms with Crippen LogP contribution in [0.4, 0.5) is 10.5 Å². The van der Waals surface area contributed by atoms with Crippen molar-refractivity contribution in [3.05, 3.63) is 55.7 Å². The molecule has 0 spiro atoms. The normalized spacial score (nSPS) is 13.3. The van der Waals surface area contributed by atoms with Crippen LogP contribution in [0.3, 0.4) is 0 Å². The van der Waals surface area contributed by atoms with E-state index in [2.05, 4.69) is 33.2 Å². The maximum absolute atomic E-state index is 13.4. The number of halogens is 1. The third-order valence-electron chi connectivity index (χ3n) is 4.94. The number of aliphatic imine (C=N–C) groups is 1. The Balaban J connectivity index is 1.68. The van der Waals surface area contributed by atoms with E-state index in [1.807, 2.05) is 62.1 Å². The number of benzene rings is 1. The van der Waals surface area contributed by atoms with Crippen LogP contribution in [0.25, 0.3) is 6.08 Å². The molecule has 0 bridgehead atoms. The summed E-state index contributed by atoms with van der Waals surface area (Å²) < 4.78 is 6.22. The van der Waals surface area contributed by atoms with Gasteiger partial charge in [-0.2, -0.15) is 0 Å². The van der Waals surface area contributed by atoms with Gasteiger partial charge in [0, 0.05) is 31.6 Å². The molecule has 34 heavy (non-hydrogen) atoms. The first-order valence-electron chi connectivity index (χ1n) is 11.2. The summed E-state index contributed by atoms with van der Waals surface area (Å²) in [4.78, 5) is 32.5. The molecule has 2 aromatic rings. The number of nitrogens with one attached hydrogen (secondary N) is 1. The fourth-order valence-electron chi connectivity index (χ4n) is 3.49. The molecule has 1 aliphatic rings. The summed E-state index contributed by atoms with van der Waals surface area (Å²) in [6.07, 6.45) is 2.63. The number of carbonyl (C=O) groups is 2. The van der Waals surface area contributed by atoms with Gasteiger partial charge >= 0.3 is 6.09 Å². The Hall–Kier alpha value is -2.65. The van der Waals surface area contributed by atoms with Gasteiger partial charge in [0.25, 0.3) is 5.91 Å². The molecule has 0 saturated carbocycles. The van der Waals surface area contributed by atoms with Gasteiger partial charge in [-0.1, -0.05) is 31.2 Å². The molecule has 0 unspecified atom stereocenters. The van der Waals surface area contributed by atoms with Gasteiger partial charge in [-0.25, -0.2) is 9.79 Å². The first kappa shape index (κ1) is 26.0. The quantitative estimate of drug-likeness (QED) is 0.461. The number of amides is 2. The third-order valence-corrected chi connectivity index (χ3v) is 6.51. The number of alkyl carbamates (subject to hydrolysis) is 1. The molecule has 1 aromatic carbocycles. The lowest BCUT2D eigenvalue weighted by Crippen LogP contribution is -2.33. The van der Waals surface area contributed by atoms with E-state index in [9.17, 15) is 9.59 Å². The lowest BCUT2D eigenvalue weighted by Gasteiger charge is -2.24. The zero-order chi connectivity index (χ0) is 24.9. The second-order valence-electron chi connectivity index (χ2n) is 9.15. The van der Waals surface area contributed by atoms with E-state index >= 15 is 0 Å². The number of thiophene rings is 1. The van der Waals surface area contributed by atoms with Crippen LogP contribution in [0.5, 0.6) is 0 Å². The number of hydrogen-bond acceptors (Lipinski definition) is 6. The maximum atomic E-state index is 13.4. The van der Waals surface area contributed by atoms with Crippen molar-refractivity contribution in [1.82, 2.24) is 10.2 Å². The van der Waals surface area contributed by atoms with Crippen molar-refractivity contribution in [3.63, 3.8) is 0 Å². The summed E-state index contributed by atoms with van der Waals surface area (Å²) in [5.41, 5.74) is 8.96. The molecule has 3 rings (SSSR count). The Morgan fingerprint density at radius 3 is 2.56 bits per heavy atom. The first-order valence-corrected chi connectivity index (χ1v) is 12.8. The van der Waals surface area contributed by atoms with Crippen LogP contribution in [0, 0.1) is 0 Å². The third kappa shape index (κ3) is 7.43. The van der Waals surface area contributed by atoms with Crippen LogP contribution >= 0.6 is 27.3 Å². The molecular formula is C25H31BrN4O3S. The predicted octanol–water partition coefficient (Wildman–Crippen LogP) is 5.75. The molecule has 0 radical (unpaired) electrons. The predicted molar refractivity (Wildman–Crippen MR) is 141 cm³/mol. The van der Waals surface area contributed by atoms with Crippen LogP contribution in [0.2, 0.25) is 0 Å². The second kappa shape index (κ2) is 11.2. The van der Waals surface area contributed by atoms with Gasteiger partial charge in [0.2, 0.25) is 0 Å². The van der Waals surface area contributed by atoms with E-state index in [1.54, 1.807) is 0 Å². The zero-order valence-electron chi connectivity index (χ0n) is 20.0. The van der Waals surface area contributed by atoms with Gasteiger partial charge in [0.15, 0.2) is 0 Å². The number of carbonyl (C=O) groups excluding carboxylic acids is 2. The monoisotopic (exact) mass is 546 g/mol. The average Bonchev–Trinajstić information content (AvgIpc) is 3.00. The van der Waals surface area contributed by atoms with Gasteiger partial charge in [-0.05, 0) is 66.4 Å². The summed E-state index contributed by atoms with van der Waals surface area (Å²) >= 11 is 5.02. The van der Waals surface area contributed by atoms with E-state index in [0.29, 0.717) is 37.5 Å². The Bertz CT molecular complexity index is 1100. The van der Waals surface area contributed by atoms with Gasteiger partial charge < -0.3 is 20.7 Å². The Kier molecular flexibility index (Phi) is 8.54. The number of nitrogens with two attached hydrogens (primary N) is 1. The van der Waals surface area contributed by atoms with Crippen molar-refractivity contribution in [3.8, 4) is 0 Å². The standard InChI is InChI=1S/C25H31BrN4O3S/c1-5-10-30(23(31)18-11-20-19(13-21(26)34-20)29-22(27)12-18)15-17-8-6-16(7-9-17)14-28-24(32)33-25(2,3)4/h6-9,11,13H,5,10,12,14-15H2,1-4H3,(H2,27,29)(H,28,32). The molecule has 2 amide bonds. The van der Waals surface area contributed by atoms with Crippen LogP contribution < -0.4 is 11.1 Å².